The maximum Gasteiger partial charge on any atom is 0.269 e. The zero-order valence-electron chi connectivity index (χ0n) is 12.8. The Kier molecular flexibility index (Phi) is 4.81. The average Bonchev–Trinajstić information content (AvgIpc) is 3.23. The number of hydrogen-bond donors (Lipinski definition) is 2. The van der Waals surface area contributed by atoms with Gasteiger partial charge < -0.3 is 9.47 Å². The molecule has 0 radical (unpaired) electrons. The molecule has 0 spiro atoms. The Hall–Kier alpha value is -2.39. The van der Waals surface area contributed by atoms with Crippen molar-refractivity contribution in [2.45, 2.75) is 0 Å². The molecule has 0 aliphatic heterocycles. The molecule has 0 unspecified atom stereocenters. The molecule has 3 rings (SSSR count). The van der Waals surface area contributed by atoms with Gasteiger partial charge in [-0.05, 0) is 39.5 Å². The summed E-state index contributed by atoms with van der Waals surface area (Å²) in [6.07, 6.45) is 0. The quantitative estimate of drug-likeness (QED) is 0.673. The zero-order valence-corrected chi connectivity index (χ0v) is 15.2. The molecule has 24 heavy (non-hydrogen) atoms. The minimum atomic E-state index is -0.274. The van der Waals surface area contributed by atoms with E-state index >= 15 is 0 Å². The number of amides is 1. The maximum atomic E-state index is 12.2. The molecule has 124 valence electrons. The fourth-order valence-corrected chi connectivity index (χ4v) is 3.49. The molecule has 7 nitrogen and oxygen atoms in total. The first-order valence-corrected chi connectivity index (χ1v) is 8.48. The largest absolute Gasteiger partial charge is 0.497 e. The van der Waals surface area contributed by atoms with Crippen LogP contribution in [0.1, 0.15) is 9.67 Å². The second-order valence-electron chi connectivity index (χ2n) is 4.63. The van der Waals surface area contributed by atoms with Gasteiger partial charge >= 0.3 is 0 Å². The summed E-state index contributed by atoms with van der Waals surface area (Å²) >= 11 is 4.66. The summed E-state index contributed by atoms with van der Waals surface area (Å²) in [4.78, 5) is 17.0. The van der Waals surface area contributed by atoms with Crippen LogP contribution in [-0.2, 0) is 0 Å². The number of rotatable bonds is 5. The van der Waals surface area contributed by atoms with Crippen molar-refractivity contribution < 1.29 is 14.3 Å². The summed E-state index contributed by atoms with van der Waals surface area (Å²) in [5.41, 5.74) is 0.712. The summed E-state index contributed by atoms with van der Waals surface area (Å²) in [5, 5.41) is 11.3. The van der Waals surface area contributed by atoms with Crippen LogP contribution in [0.5, 0.6) is 11.5 Å². The van der Waals surface area contributed by atoms with Crippen LogP contribution in [0.2, 0.25) is 0 Å². The van der Waals surface area contributed by atoms with Gasteiger partial charge in [0, 0.05) is 10.5 Å². The molecule has 0 atom stereocenters. The van der Waals surface area contributed by atoms with Gasteiger partial charge in [0.05, 0.1) is 19.8 Å². The first-order valence-electron chi connectivity index (χ1n) is 6.81. The second kappa shape index (κ2) is 7.02. The Morgan fingerprint density at radius 2 is 2.12 bits per heavy atom. The first-order chi connectivity index (χ1) is 11.6. The Bertz CT molecular complexity index is 877. The number of methoxy groups -OCH3 is 2. The third-order valence-corrected chi connectivity index (χ3v) is 5.03. The summed E-state index contributed by atoms with van der Waals surface area (Å²) in [7, 11) is 3.14. The van der Waals surface area contributed by atoms with E-state index in [9.17, 15) is 4.79 Å². The Labute approximate surface area is 150 Å². The minimum absolute atomic E-state index is 0.188. The van der Waals surface area contributed by atoms with Crippen molar-refractivity contribution in [3.63, 3.8) is 0 Å². The van der Waals surface area contributed by atoms with Gasteiger partial charge in [0.1, 0.15) is 16.4 Å². The van der Waals surface area contributed by atoms with Gasteiger partial charge in [-0.25, -0.2) is 0 Å². The van der Waals surface area contributed by atoms with E-state index in [0.29, 0.717) is 27.8 Å². The lowest BCUT2D eigenvalue weighted by atomic mass is 10.2. The van der Waals surface area contributed by atoms with Gasteiger partial charge in [0.25, 0.3) is 5.91 Å². The predicted octanol–water partition coefficient (Wildman–Crippen LogP) is 3.57. The molecule has 9 heteroatoms. The molecule has 0 aliphatic carbocycles. The molecule has 0 saturated carbocycles. The van der Waals surface area contributed by atoms with Crippen molar-refractivity contribution in [2.24, 2.45) is 0 Å². The SMILES string of the molecule is COc1ccc(-c2nc(NC(=O)c3sccc3Br)n[nH]2)c(OC)c1. The van der Waals surface area contributed by atoms with Gasteiger partial charge in [0.2, 0.25) is 5.95 Å². The van der Waals surface area contributed by atoms with Gasteiger partial charge in [-0.3, -0.25) is 15.2 Å². The number of anilines is 1. The number of carbonyl (C=O) groups excluding carboxylic acids is 1. The summed E-state index contributed by atoms with van der Waals surface area (Å²) in [6, 6.07) is 7.16. The molecular weight excluding hydrogens is 396 g/mol. The maximum absolute atomic E-state index is 12.2. The van der Waals surface area contributed by atoms with E-state index in [4.69, 9.17) is 9.47 Å². The molecule has 0 bridgehead atoms. The van der Waals surface area contributed by atoms with Crippen LogP contribution in [0.15, 0.2) is 34.1 Å². The van der Waals surface area contributed by atoms with Crippen LogP contribution in [0, 0.1) is 0 Å². The van der Waals surface area contributed by atoms with E-state index in [1.807, 2.05) is 11.4 Å². The van der Waals surface area contributed by atoms with Crippen LogP contribution < -0.4 is 14.8 Å². The fourth-order valence-electron chi connectivity index (χ4n) is 2.05. The highest BCUT2D eigenvalue weighted by atomic mass is 79.9. The standard InChI is InChI=1S/C15H13BrN4O3S/c1-22-8-3-4-9(11(7-8)23-2)13-17-15(20-19-13)18-14(21)12-10(16)5-6-24-12/h3-7H,1-2H3,(H2,17,18,19,20,21). The summed E-state index contributed by atoms with van der Waals surface area (Å²) in [5.74, 6) is 1.66. The van der Waals surface area contributed by atoms with Gasteiger partial charge in [-0.15, -0.1) is 16.4 Å². The third kappa shape index (κ3) is 3.26. The topological polar surface area (TPSA) is 89.1 Å². The van der Waals surface area contributed by atoms with Gasteiger partial charge in [-0.1, -0.05) is 0 Å². The van der Waals surface area contributed by atoms with Crippen LogP contribution >= 0.6 is 27.3 Å². The highest BCUT2D eigenvalue weighted by molar-refractivity contribution is 9.10. The number of halogens is 1. The van der Waals surface area contributed by atoms with E-state index in [1.54, 1.807) is 32.4 Å². The normalized spacial score (nSPS) is 10.5. The van der Waals surface area contributed by atoms with E-state index in [0.717, 1.165) is 4.47 Å². The highest BCUT2D eigenvalue weighted by Crippen LogP contribution is 2.31. The molecule has 0 aliphatic rings. The van der Waals surface area contributed by atoms with Crippen LogP contribution in [-0.4, -0.2) is 35.3 Å². The van der Waals surface area contributed by atoms with Crippen molar-refractivity contribution in [1.29, 1.82) is 0 Å². The van der Waals surface area contributed by atoms with Gasteiger partial charge in [-0.2, -0.15) is 4.98 Å². The van der Waals surface area contributed by atoms with E-state index in [-0.39, 0.29) is 11.9 Å². The number of H-pyrrole nitrogens is 1. The number of thiophene rings is 1. The average molecular weight is 409 g/mol. The Morgan fingerprint density at radius 3 is 2.79 bits per heavy atom. The van der Waals surface area contributed by atoms with E-state index in [2.05, 4.69) is 36.4 Å². The number of ether oxygens (including phenoxy) is 2. The number of nitrogens with zero attached hydrogens (tertiary/aromatic N) is 2. The van der Waals surface area contributed by atoms with Crippen molar-refractivity contribution in [3.8, 4) is 22.9 Å². The molecule has 0 saturated heterocycles. The van der Waals surface area contributed by atoms with Crippen LogP contribution in [0.25, 0.3) is 11.4 Å². The monoisotopic (exact) mass is 408 g/mol. The molecule has 1 aromatic carbocycles. The lowest BCUT2D eigenvalue weighted by Crippen LogP contribution is -2.11. The van der Waals surface area contributed by atoms with Gasteiger partial charge in [0.15, 0.2) is 5.82 Å². The molecule has 3 aromatic rings. The molecular formula is C15H13BrN4O3S. The number of carbonyl (C=O) groups is 1. The van der Waals surface area contributed by atoms with E-state index < -0.39 is 0 Å². The smallest absolute Gasteiger partial charge is 0.269 e. The number of hydrogen-bond acceptors (Lipinski definition) is 6. The first kappa shape index (κ1) is 16.5. The van der Waals surface area contributed by atoms with Crippen LogP contribution in [0.4, 0.5) is 5.95 Å². The molecule has 2 N–H and O–H groups in total. The fraction of sp³-hybridized carbons (Fsp3) is 0.133. The third-order valence-electron chi connectivity index (χ3n) is 3.20. The lowest BCUT2D eigenvalue weighted by molar-refractivity contribution is 0.102. The number of aromatic nitrogens is 3. The predicted molar refractivity (Wildman–Crippen MR) is 94.9 cm³/mol. The Morgan fingerprint density at radius 1 is 1.29 bits per heavy atom. The molecule has 2 aromatic heterocycles. The second-order valence-corrected chi connectivity index (χ2v) is 6.40. The van der Waals surface area contributed by atoms with Crippen molar-refractivity contribution >= 4 is 39.1 Å². The Balaban J connectivity index is 1.83. The summed E-state index contributed by atoms with van der Waals surface area (Å²) < 4.78 is 11.3. The van der Waals surface area contributed by atoms with Crippen molar-refractivity contribution in [3.05, 3.63) is 39.0 Å². The number of benzene rings is 1. The molecule has 2 heterocycles. The lowest BCUT2D eigenvalue weighted by Gasteiger charge is -2.07. The van der Waals surface area contributed by atoms with Crippen LogP contribution in [0.3, 0.4) is 0 Å². The summed E-state index contributed by atoms with van der Waals surface area (Å²) in [6.45, 7) is 0. The number of aromatic amines is 1. The number of nitrogens with one attached hydrogen (secondary N) is 2. The minimum Gasteiger partial charge on any atom is -0.497 e. The highest BCUT2D eigenvalue weighted by Gasteiger charge is 2.16. The molecule has 0 fully saturated rings. The molecule has 1 amide bonds. The van der Waals surface area contributed by atoms with E-state index in [1.165, 1.54) is 11.3 Å². The van der Waals surface area contributed by atoms with Crippen molar-refractivity contribution in [2.75, 3.05) is 19.5 Å². The van der Waals surface area contributed by atoms with Crippen molar-refractivity contribution in [1.82, 2.24) is 15.2 Å². The zero-order chi connectivity index (χ0) is 17.1.